The molecule has 1 N–H and O–H groups in total. The second-order valence-corrected chi connectivity index (χ2v) is 4.95. The Morgan fingerprint density at radius 1 is 1.33 bits per heavy atom. The lowest BCUT2D eigenvalue weighted by Gasteiger charge is -2.41. The van der Waals surface area contributed by atoms with Crippen LogP contribution in [0, 0.1) is 5.82 Å². The van der Waals surface area contributed by atoms with E-state index < -0.39 is 0 Å². The van der Waals surface area contributed by atoms with E-state index in [1.165, 1.54) is 12.1 Å². The smallest absolute Gasteiger partial charge is 0.123 e. The summed E-state index contributed by atoms with van der Waals surface area (Å²) < 4.78 is 19.1. The molecule has 0 bridgehead atoms. The van der Waals surface area contributed by atoms with Crippen molar-refractivity contribution in [3.8, 4) is 0 Å². The van der Waals surface area contributed by atoms with Crippen LogP contribution in [0.3, 0.4) is 0 Å². The molecule has 1 aliphatic heterocycles. The summed E-state index contributed by atoms with van der Waals surface area (Å²) in [6.45, 7) is 6.01. The van der Waals surface area contributed by atoms with Gasteiger partial charge in [-0.15, -0.1) is 0 Å². The molecule has 3 heteroatoms. The molecule has 2 unspecified atom stereocenters. The highest BCUT2D eigenvalue weighted by Gasteiger charge is 2.37. The van der Waals surface area contributed by atoms with Crippen molar-refractivity contribution in [1.29, 1.82) is 0 Å². The molecule has 2 nitrogen and oxygen atoms in total. The van der Waals surface area contributed by atoms with Crippen LogP contribution in [-0.2, 0) is 10.3 Å². The highest BCUT2D eigenvalue weighted by atomic mass is 19.1. The minimum Gasteiger partial charge on any atom is -0.370 e. The van der Waals surface area contributed by atoms with Crippen molar-refractivity contribution in [2.45, 2.75) is 44.8 Å². The number of halogens is 1. The van der Waals surface area contributed by atoms with Crippen molar-refractivity contribution in [3.05, 3.63) is 35.6 Å². The number of benzene rings is 1. The first-order valence-electron chi connectivity index (χ1n) is 6.83. The van der Waals surface area contributed by atoms with E-state index in [2.05, 4.69) is 19.2 Å². The van der Waals surface area contributed by atoms with Crippen LogP contribution in [-0.4, -0.2) is 19.2 Å². The molecule has 100 valence electrons. The van der Waals surface area contributed by atoms with Crippen molar-refractivity contribution in [2.75, 3.05) is 13.2 Å². The number of rotatable bonds is 4. The molecule has 1 aromatic rings. The Bertz CT molecular complexity index is 377. The van der Waals surface area contributed by atoms with Gasteiger partial charge in [-0.2, -0.15) is 0 Å². The zero-order valence-corrected chi connectivity index (χ0v) is 11.2. The van der Waals surface area contributed by atoms with Gasteiger partial charge in [-0.25, -0.2) is 4.39 Å². The normalized spacial score (nSPS) is 28.3. The minimum absolute atomic E-state index is 0.191. The van der Waals surface area contributed by atoms with Crippen LogP contribution < -0.4 is 5.32 Å². The Morgan fingerprint density at radius 2 is 2.06 bits per heavy atom. The molecule has 0 aromatic heterocycles. The molecule has 0 saturated carbocycles. The Hall–Kier alpha value is -0.930. The first kappa shape index (κ1) is 13.5. The van der Waals surface area contributed by atoms with E-state index in [1.807, 2.05) is 12.1 Å². The summed E-state index contributed by atoms with van der Waals surface area (Å²) in [5.74, 6) is -0.191. The standard InChI is InChI=1S/C15H22FNO/c1-3-15(12-5-7-13(16)8-6-12)11-14(17-4-2)9-10-18-15/h5-8,14,17H,3-4,9-11H2,1-2H3. The Morgan fingerprint density at radius 3 is 2.67 bits per heavy atom. The molecular weight excluding hydrogens is 229 g/mol. The van der Waals surface area contributed by atoms with Crippen molar-refractivity contribution < 1.29 is 9.13 Å². The van der Waals surface area contributed by atoms with Gasteiger partial charge in [0.1, 0.15) is 5.82 Å². The number of hydrogen-bond donors (Lipinski definition) is 1. The number of hydrogen-bond acceptors (Lipinski definition) is 2. The van der Waals surface area contributed by atoms with Gasteiger partial charge in [-0.05, 0) is 43.5 Å². The fraction of sp³-hybridized carbons (Fsp3) is 0.600. The van der Waals surface area contributed by atoms with Crippen LogP contribution in [0.15, 0.2) is 24.3 Å². The fourth-order valence-electron chi connectivity index (χ4n) is 2.82. The summed E-state index contributed by atoms with van der Waals surface area (Å²) in [5.41, 5.74) is 0.840. The summed E-state index contributed by atoms with van der Waals surface area (Å²) in [7, 11) is 0. The van der Waals surface area contributed by atoms with Gasteiger partial charge >= 0.3 is 0 Å². The Labute approximate surface area is 109 Å². The summed E-state index contributed by atoms with van der Waals surface area (Å²) in [4.78, 5) is 0. The van der Waals surface area contributed by atoms with Gasteiger partial charge in [-0.3, -0.25) is 0 Å². The minimum atomic E-state index is -0.251. The van der Waals surface area contributed by atoms with Gasteiger partial charge in [0.05, 0.1) is 5.60 Å². The Kier molecular flexibility index (Phi) is 4.36. The lowest BCUT2D eigenvalue weighted by molar-refractivity contribution is -0.0967. The molecule has 1 fully saturated rings. The fourth-order valence-corrected chi connectivity index (χ4v) is 2.82. The third-order valence-electron chi connectivity index (χ3n) is 3.86. The van der Waals surface area contributed by atoms with Gasteiger partial charge in [0.25, 0.3) is 0 Å². The molecule has 1 aliphatic rings. The lowest BCUT2D eigenvalue weighted by Crippen LogP contribution is -2.45. The Balaban J connectivity index is 2.21. The molecule has 2 rings (SSSR count). The van der Waals surface area contributed by atoms with Crippen molar-refractivity contribution >= 4 is 0 Å². The summed E-state index contributed by atoms with van der Waals surface area (Å²) in [5, 5.41) is 3.50. The summed E-state index contributed by atoms with van der Waals surface area (Å²) >= 11 is 0. The third kappa shape index (κ3) is 2.73. The number of ether oxygens (including phenoxy) is 1. The zero-order valence-electron chi connectivity index (χ0n) is 11.2. The van der Waals surface area contributed by atoms with Crippen molar-refractivity contribution in [3.63, 3.8) is 0 Å². The van der Waals surface area contributed by atoms with Crippen LogP contribution in [0.25, 0.3) is 0 Å². The second kappa shape index (κ2) is 5.81. The maximum Gasteiger partial charge on any atom is 0.123 e. The van der Waals surface area contributed by atoms with E-state index >= 15 is 0 Å². The van der Waals surface area contributed by atoms with E-state index in [1.54, 1.807) is 0 Å². The predicted octanol–water partition coefficient (Wildman–Crippen LogP) is 3.22. The zero-order chi connectivity index (χ0) is 13.0. The maximum atomic E-state index is 13.0. The van der Waals surface area contributed by atoms with E-state index in [-0.39, 0.29) is 11.4 Å². The molecule has 1 aromatic carbocycles. The molecule has 1 saturated heterocycles. The molecule has 18 heavy (non-hydrogen) atoms. The average Bonchev–Trinajstić information content (AvgIpc) is 2.40. The van der Waals surface area contributed by atoms with Gasteiger partial charge in [0.2, 0.25) is 0 Å². The van der Waals surface area contributed by atoms with Crippen LogP contribution in [0.4, 0.5) is 4.39 Å². The molecule has 0 spiro atoms. The van der Waals surface area contributed by atoms with Crippen LogP contribution >= 0.6 is 0 Å². The quantitative estimate of drug-likeness (QED) is 0.887. The van der Waals surface area contributed by atoms with Crippen molar-refractivity contribution in [1.82, 2.24) is 5.32 Å². The number of nitrogens with one attached hydrogen (secondary N) is 1. The molecular formula is C15H22FNO. The average molecular weight is 251 g/mol. The summed E-state index contributed by atoms with van der Waals surface area (Å²) in [6.07, 6.45) is 2.93. The highest BCUT2D eigenvalue weighted by Crippen LogP contribution is 2.38. The maximum absolute atomic E-state index is 13.0. The molecule has 0 amide bonds. The molecule has 0 aliphatic carbocycles. The first-order valence-corrected chi connectivity index (χ1v) is 6.83. The highest BCUT2D eigenvalue weighted by molar-refractivity contribution is 5.24. The van der Waals surface area contributed by atoms with Crippen LogP contribution in [0.5, 0.6) is 0 Å². The SMILES string of the molecule is CCNC1CCOC(CC)(c2ccc(F)cc2)C1. The lowest BCUT2D eigenvalue weighted by atomic mass is 9.82. The largest absolute Gasteiger partial charge is 0.370 e. The monoisotopic (exact) mass is 251 g/mol. The van der Waals surface area contributed by atoms with Gasteiger partial charge in [-0.1, -0.05) is 26.0 Å². The topological polar surface area (TPSA) is 21.3 Å². The van der Waals surface area contributed by atoms with E-state index in [0.717, 1.165) is 38.0 Å². The third-order valence-corrected chi connectivity index (χ3v) is 3.86. The van der Waals surface area contributed by atoms with Gasteiger partial charge < -0.3 is 10.1 Å². The molecule has 1 heterocycles. The van der Waals surface area contributed by atoms with Crippen LogP contribution in [0.2, 0.25) is 0 Å². The molecule has 2 atom stereocenters. The van der Waals surface area contributed by atoms with Crippen molar-refractivity contribution in [2.24, 2.45) is 0 Å². The van der Waals surface area contributed by atoms with Crippen LogP contribution in [0.1, 0.15) is 38.7 Å². The van der Waals surface area contributed by atoms with E-state index in [9.17, 15) is 4.39 Å². The molecule has 0 radical (unpaired) electrons. The summed E-state index contributed by atoms with van der Waals surface area (Å²) in [6, 6.07) is 7.24. The first-order chi connectivity index (χ1) is 8.70. The van der Waals surface area contributed by atoms with Gasteiger partial charge in [0, 0.05) is 12.6 Å². The van der Waals surface area contributed by atoms with Gasteiger partial charge in [0.15, 0.2) is 0 Å². The van der Waals surface area contributed by atoms with E-state index in [4.69, 9.17) is 4.74 Å². The second-order valence-electron chi connectivity index (χ2n) is 4.95. The predicted molar refractivity (Wildman–Crippen MR) is 71.0 cm³/mol. The van der Waals surface area contributed by atoms with E-state index in [0.29, 0.717) is 6.04 Å².